The number of rotatable bonds is 8. The molecule has 0 unspecified atom stereocenters. The van der Waals surface area contributed by atoms with Gasteiger partial charge in [0.25, 0.3) is 0 Å². The molecule has 13 aromatic carbocycles. The highest BCUT2D eigenvalue weighted by atomic mass is 15.1. The second-order valence-electron chi connectivity index (χ2n) is 23.1. The Bertz CT molecular complexity index is 5920. The smallest absolute Gasteiger partial charge is 0.164 e. The third kappa shape index (κ3) is 7.26. The largest absolute Gasteiger partial charge is 0.309 e. The van der Waals surface area contributed by atoms with Gasteiger partial charge in [0.2, 0.25) is 0 Å². The molecule has 0 atom stereocenters. The lowest BCUT2D eigenvalue weighted by molar-refractivity contribution is 1.07. The Hall–Kier alpha value is -12.1. The van der Waals surface area contributed by atoms with Crippen LogP contribution in [0.3, 0.4) is 0 Å². The van der Waals surface area contributed by atoms with Gasteiger partial charge in [-0.1, -0.05) is 206 Å². The minimum atomic E-state index is 0.563. The standard InChI is InChI=1S/C81H50N8/c1-5-25-51(26-6-1)79-82-80(52-27-7-2-8-28-52)84-81(83-79)53-47-57(86-68-41-21-15-35-61(68)62-36-16-22-42-69(62)86)49-58(48-53)89-72-46-45-56(85-66-39-19-13-33-59(66)60-34-14-20-40-67(60)85)50-65(72)75-77-73(63-37-17-24-44-71(63)88(77)55-31-11-4-12-32-55)76-74(78(75)89)64-38-18-23-43-70(64)87(76)54-29-9-3-10-30-54/h1-50H. The number of hydrogen-bond acceptors (Lipinski definition) is 3. The SMILES string of the molecule is c1ccc(-c2nc(-c3ccccc3)nc(-c3cc(-n4c5ccccc5c5ccccc54)cc(-n4c5ccc(-n6c7ccccc7c7ccccc76)cc5c5c6c(c7ccccc7n6-c6ccccc6)c6c(c7ccccc7n6-c6ccccc6)c54)c3)n2)cc1. The van der Waals surface area contributed by atoms with E-state index in [1.807, 2.05) is 36.4 Å². The van der Waals surface area contributed by atoms with E-state index in [9.17, 15) is 0 Å². The second-order valence-corrected chi connectivity index (χ2v) is 23.1. The van der Waals surface area contributed by atoms with E-state index in [4.69, 9.17) is 15.0 Å². The normalized spacial score (nSPS) is 12.0. The number of hydrogen-bond donors (Lipinski definition) is 0. The lowest BCUT2D eigenvalue weighted by atomic mass is 10.0. The van der Waals surface area contributed by atoms with Gasteiger partial charge in [0.15, 0.2) is 17.5 Å². The molecular formula is C81H50N8. The van der Waals surface area contributed by atoms with E-state index in [2.05, 4.69) is 290 Å². The van der Waals surface area contributed by atoms with Gasteiger partial charge in [-0.25, -0.2) is 15.0 Å². The van der Waals surface area contributed by atoms with Crippen molar-refractivity contribution in [1.82, 2.24) is 37.8 Å². The van der Waals surface area contributed by atoms with Crippen LogP contribution in [-0.4, -0.2) is 37.8 Å². The van der Waals surface area contributed by atoms with Crippen LogP contribution in [0.4, 0.5) is 0 Å². The van der Waals surface area contributed by atoms with Gasteiger partial charge in [-0.2, -0.15) is 0 Å². The maximum atomic E-state index is 5.47. The minimum absolute atomic E-state index is 0.563. The summed E-state index contributed by atoms with van der Waals surface area (Å²) in [5.41, 5.74) is 19.0. The summed E-state index contributed by atoms with van der Waals surface area (Å²) < 4.78 is 12.5. The lowest BCUT2D eigenvalue weighted by Gasteiger charge is -2.17. The molecule has 19 rings (SSSR count). The van der Waals surface area contributed by atoms with Crippen LogP contribution >= 0.6 is 0 Å². The van der Waals surface area contributed by atoms with Crippen molar-refractivity contribution in [2.45, 2.75) is 0 Å². The summed E-state index contributed by atoms with van der Waals surface area (Å²) in [5, 5.41) is 11.7. The van der Waals surface area contributed by atoms with Crippen molar-refractivity contribution >= 4 is 109 Å². The molecule has 0 aliphatic carbocycles. The van der Waals surface area contributed by atoms with Crippen LogP contribution in [0.5, 0.6) is 0 Å². The summed E-state index contributed by atoms with van der Waals surface area (Å²) in [7, 11) is 0. The van der Waals surface area contributed by atoms with Gasteiger partial charge in [-0.05, 0) is 97.1 Å². The highest BCUT2D eigenvalue weighted by Gasteiger charge is 2.30. The molecule has 0 bridgehead atoms. The van der Waals surface area contributed by atoms with Crippen molar-refractivity contribution in [2.24, 2.45) is 0 Å². The summed E-state index contributed by atoms with van der Waals surface area (Å²) >= 11 is 0. The zero-order valence-corrected chi connectivity index (χ0v) is 47.9. The number of nitrogens with zero attached hydrogens (tertiary/aromatic N) is 8. The zero-order valence-electron chi connectivity index (χ0n) is 47.9. The third-order valence-corrected chi connectivity index (χ3v) is 18.2. The molecule has 8 heteroatoms. The van der Waals surface area contributed by atoms with Gasteiger partial charge >= 0.3 is 0 Å². The van der Waals surface area contributed by atoms with Crippen molar-refractivity contribution in [3.63, 3.8) is 0 Å². The number of aromatic nitrogens is 8. The monoisotopic (exact) mass is 1130 g/mol. The van der Waals surface area contributed by atoms with Crippen molar-refractivity contribution in [1.29, 1.82) is 0 Å². The highest BCUT2D eigenvalue weighted by Crippen LogP contribution is 2.51. The molecule has 0 aliphatic heterocycles. The van der Waals surface area contributed by atoms with Crippen molar-refractivity contribution in [3.05, 3.63) is 303 Å². The predicted octanol–water partition coefficient (Wildman–Crippen LogP) is 20.4. The van der Waals surface area contributed by atoms with Crippen LogP contribution in [0, 0.1) is 0 Å². The quantitative estimate of drug-likeness (QED) is 0.152. The Kier molecular flexibility index (Phi) is 10.6. The predicted molar refractivity (Wildman–Crippen MR) is 368 cm³/mol. The molecule has 89 heavy (non-hydrogen) atoms. The number of benzene rings is 13. The van der Waals surface area contributed by atoms with Gasteiger partial charge in [0, 0.05) is 99.0 Å². The molecule has 0 saturated heterocycles. The lowest BCUT2D eigenvalue weighted by Crippen LogP contribution is -2.04. The van der Waals surface area contributed by atoms with Crippen LogP contribution in [0.25, 0.3) is 172 Å². The maximum Gasteiger partial charge on any atom is 0.164 e. The second kappa shape index (κ2) is 19.2. The molecule has 8 nitrogen and oxygen atoms in total. The number of fused-ring (bicyclic) bond motifs is 18. The Morgan fingerprint density at radius 2 is 0.472 bits per heavy atom. The van der Waals surface area contributed by atoms with Gasteiger partial charge in [0.05, 0.1) is 55.2 Å². The minimum Gasteiger partial charge on any atom is -0.309 e. The average Bonchev–Trinajstić information content (AvgIpc) is 1.51. The fourth-order valence-electron chi connectivity index (χ4n) is 14.6. The topological polar surface area (TPSA) is 63.3 Å². The van der Waals surface area contributed by atoms with Gasteiger partial charge in [-0.15, -0.1) is 0 Å². The molecular weight excluding hydrogens is 1080 g/mol. The van der Waals surface area contributed by atoms with E-state index in [-0.39, 0.29) is 0 Å². The van der Waals surface area contributed by atoms with Gasteiger partial charge < -0.3 is 22.8 Å². The van der Waals surface area contributed by atoms with E-state index in [1.54, 1.807) is 0 Å². The maximum absolute atomic E-state index is 5.47. The van der Waals surface area contributed by atoms with Crippen LogP contribution < -0.4 is 0 Å². The summed E-state index contributed by atoms with van der Waals surface area (Å²) in [5.74, 6) is 1.76. The molecule has 0 radical (unpaired) electrons. The summed E-state index contributed by atoms with van der Waals surface area (Å²) in [6, 6.07) is 110. The van der Waals surface area contributed by atoms with Crippen LogP contribution in [0.15, 0.2) is 303 Å². The summed E-state index contributed by atoms with van der Waals surface area (Å²) in [6.45, 7) is 0. The summed E-state index contributed by atoms with van der Waals surface area (Å²) in [6.07, 6.45) is 0. The van der Waals surface area contributed by atoms with Crippen LogP contribution in [-0.2, 0) is 0 Å². The Balaban J connectivity index is 1.05. The summed E-state index contributed by atoms with van der Waals surface area (Å²) in [4.78, 5) is 16.1. The molecule has 0 fully saturated rings. The van der Waals surface area contributed by atoms with E-state index >= 15 is 0 Å². The van der Waals surface area contributed by atoms with Crippen molar-refractivity contribution in [3.8, 4) is 62.6 Å². The zero-order chi connectivity index (χ0) is 58.3. The Labute approximate surface area is 509 Å². The number of para-hydroxylation sites is 8. The first kappa shape index (κ1) is 49.2. The van der Waals surface area contributed by atoms with Crippen LogP contribution in [0.2, 0.25) is 0 Å². The molecule has 0 amide bonds. The third-order valence-electron chi connectivity index (χ3n) is 18.2. The fraction of sp³-hybridized carbons (Fsp3) is 0. The molecule has 19 aromatic rings. The van der Waals surface area contributed by atoms with Crippen molar-refractivity contribution < 1.29 is 0 Å². The van der Waals surface area contributed by atoms with E-state index in [0.717, 1.165) is 122 Å². The van der Waals surface area contributed by atoms with E-state index < -0.39 is 0 Å². The molecule has 0 aliphatic rings. The molecule has 0 spiro atoms. The first-order chi connectivity index (χ1) is 44.2. The average molecular weight is 1140 g/mol. The first-order valence-electron chi connectivity index (χ1n) is 30.3. The van der Waals surface area contributed by atoms with Crippen molar-refractivity contribution in [2.75, 3.05) is 0 Å². The molecule has 0 N–H and O–H groups in total. The fourth-order valence-corrected chi connectivity index (χ4v) is 14.6. The molecule has 414 valence electrons. The first-order valence-corrected chi connectivity index (χ1v) is 30.3. The highest BCUT2D eigenvalue weighted by molar-refractivity contribution is 6.40. The van der Waals surface area contributed by atoms with Gasteiger partial charge in [0.1, 0.15) is 0 Å². The molecule has 6 aromatic heterocycles. The Morgan fingerprint density at radius 1 is 0.180 bits per heavy atom. The van der Waals surface area contributed by atoms with E-state index in [0.29, 0.717) is 17.5 Å². The molecule has 0 saturated carbocycles. The van der Waals surface area contributed by atoms with E-state index in [1.165, 1.54) is 32.3 Å². The Morgan fingerprint density at radius 3 is 0.888 bits per heavy atom. The van der Waals surface area contributed by atoms with Gasteiger partial charge in [-0.3, -0.25) is 0 Å². The molecule has 6 heterocycles. The van der Waals surface area contributed by atoms with Crippen LogP contribution in [0.1, 0.15) is 0 Å².